The van der Waals surface area contributed by atoms with Crippen molar-refractivity contribution in [3.8, 4) is 11.5 Å². The van der Waals surface area contributed by atoms with Crippen LogP contribution in [0.15, 0.2) is 52.6 Å². The molecule has 0 aliphatic rings. The van der Waals surface area contributed by atoms with Gasteiger partial charge in [-0.25, -0.2) is 4.98 Å². The second-order valence-electron chi connectivity index (χ2n) is 5.42. The predicted octanol–water partition coefficient (Wildman–Crippen LogP) is 2.82. The summed E-state index contributed by atoms with van der Waals surface area (Å²) in [6, 6.07) is 9.32. The van der Waals surface area contributed by atoms with Gasteiger partial charge in [0.1, 0.15) is 28.9 Å². The minimum Gasteiger partial charge on any atom is -0.508 e. The number of hydrogen-bond donors (Lipinski definition) is 3. The lowest BCUT2D eigenvalue weighted by Crippen LogP contribution is -2.17. The van der Waals surface area contributed by atoms with Crippen LogP contribution in [0.2, 0.25) is 5.02 Å². The van der Waals surface area contributed by atoms with Gasteiger partial charge in [0.25, 0.3) is 5.56 Å². The molecule has 0 bridgehead atoms. The summed E-state index contributed by atoms with van der Waals surface area (Å²) in [5.74, 6) is -0.210. The average molecular weight is 355 g/mol. The smallest absolute Gasteiger partial charge is 0.298 e. The molecule has 8 heteroatoms. The van der Waals surface area contributed by atoms with Gasteiger partial charge < -0.3 is 15.2 Å². The van der Waals surface area contributed by atoms with E-state index in [2.05, 4.69) is 15.1 Å². The summed E-state index contributed by atoms with van der Waals surface area (Å²) >= 11 is 6.00. The topological polar surface area (TPSA) is 104 Å². The molecular weight excluding hydrogens is 344 g/mol. The van der Waals surface area contributed by atoms with Gasteiger partial charge in [0, 0.05) is 27.6 Å². The van der Waals surface area contributed by atoms with Crippen LogP contribution in [-0.2, 0) is 0 Å². The Kier molecular flexibility index (Phi) is 3.43. The van der Waals surface area contributed by atoms with Crippen LogP contribution in [-0.4, -0.2) is 31.1 Å². The van der Waals surface area contributed by atoms with Gasteiger partial charge in [0.2, 0.25) is 0 Å². The van der Waals surface area contributed by atoms with Gasteiger partial charge in [-0.3, -0.25) is 4.79 Å². The number of aromatic nitrogens is 3. The van der Waals surface area contributed by atoms with Crippen molar-refractivity contribution >= 4 is 39.8 Å². The molecule has 0 unspecified atom stereocenters. The van der Waals surface area contributed by atoms with Crippen LogP contribution >= 0.6 is 11.6 Å². The first-order valence-corrected chi connectivity index (χ1v) is 7.65. The number of fused-ring (bicyclic) bond motifs is 3. The highest BCUT2D eigenvalue weighted by Crippen LogP contribution is 2.24. The van der Waals surface area contributed by atoms with E-state index in [-0.39, 0.29) is 17.1 Å². The molecule has 0 amide bonds. The molecule has 4 rings (SSSR count). The van der Waals surface area contributed by atoms with Gasteiger partial charge in [0.05, 0.1) is 6.21 Å². The zero-order valence-corrected chi connectivity index (χ0v) is 13.4. The number of nitrogens with one attached hydrogen (secondary N) is 1. The first-order valence-electron chi connectivity index (χ1n) is 7.28. The predicted molar refractivity (Wildman–Crippen MR) is 95.6 cm³/mol. The minimum atomic E-state index is -0.383. The first-order chi connectivity index (χ1) is 12.0. The lowest BCUT2D eigenvalue weighted by molar-refractivity contribution is 0.450. The van der Waals surface area contributed by atoms with Crippen LogP contribution in [0.4, 0.5) is 0 Å². The molecule has 2 heterocycles. The summed E-state index contributed by atoms with van der Waals surface area (Å²) in [6.07, 6.45) is 2.61. The van der Waals surface area contributed by atoms with E-state index in [9.17, 15) is 15.0 Å². The van der Waals surface area contributed by atoms with E-state index >= 15 is 0 Å². The Morgan fingerprint density at radius 2 is 2.04 bits per heavy atom. The number of phenolic OH excluding ortho intramolecular Hbond substituents is 2. The van der Waals surface area contributed by atoms with Gasteiger partial charge in [0.15, 0.2) is 0 Å². The van der Waals surface area contributed by atoms with E-state index < -0.39 is 0 Å². The van der Waals surface area contributed by atoms with Gasteiger partial charge in [-0.1, -0.05) is 11.6 Å². The van der Waals surface area contributed by atoms with E-state index in [1.807, 2.05) is 0 Å². The van der Waals surface area contributed by atoms with Crippen molar-refractivity contribution in [2.45, 2.75) is 0 Å². The number of aromatic amines is 1. The molecular formula is C17H11ClN4O3. The van der Waals surface area contributed by atoms with Crippen LogP contribution < -0.4 is 5.56 Å². The Balaban J connectivity index is 1.83. The summed E-state index contributed by atoms with van der Waals surface area (Å²) in [7, 11) is 0. The SMILES string of the molecule is O=c1c2[nH]c3ccc(Cl)cc3c2ncn1/N=C\c1ccc(O)cc1O. The highest BCUT2D eigenvalue weighted by atomic mass is 35.5. The van der Waals surface area contributed by atoms with Gasteiger partial charge in [-0.2, -0.15) is 9.78 Å². The fourth-order valence-electron chi connectivity index (χ4n) is 2.57. The molecule has 0 saturated heterocycles. The Bertz CT molecular complexity index is 1210. The van der Waals surface area contributed by atoms with Crippen molar-refractivity contribution in [1.82, 2.24) is 14.6 Å². The van der Waals surface area contributed by atoms with Crippen LogP contribution in [0.25, 0.3) is 21.9 Å². The summed E-state index contributed by atoms with van der Waals surface area (Å²) < 4.78 is 1.06. The molecule has 124 valence electrons. The Morgan fingerprint density at radius 1 is 1.20 bits per heavy atom. The van der Waals surface area contributed by atoms with E-state index in [1.165, 1.54) is 30.7 Å². The molecule has 0 aliphatic carbocycles. The molecule has 0 spiro atoms. The molecule has 2 aromatic heterocycles. The molecule has 3 N–H and O–H groups in total. The van der Waals surface area contributed by atoms with E-state index in [0.717, 1.165) is 15.6 Å². The Labute approximate surface area is 145 Å². The highest BCUT2D eigenvalue weighted by molar-refractivity contribution is 6.31. The Hall–Kier alpha value is -3.32. The fraction of sp³-hybridized carbons (Fsp3) is 0. The highest BCUT2D eigenvalue weighted by Gasteiger charge is 2.11. The fourth-order valence-corrected chi connectivity index (χ4v) is 2.74. The second kappa shape index (κ2) is 5.64. The number of H-pyrrole nitrogens is 1. The number of nitrogens with zero attached hydrogens (tertiary/aromatic N) is 3. The normalized spacial score (nSPS) is 11.7. The lowest BCUT2D eigenvalue weighted by atomic mass is 10.2. The molecule has 0 atom stereocenters. The zero-order valence-electron chi connectivity index (χ0n) is 12.6. The summed E-state index contributed by atoms with van der Waals surface area (Å²) in [5, 5.41) is 24.4. The average Bonchev–Trinajstić information content (AvgIpc) is 2.94. The van der Waals surface area contributed by atoms with Crippen molar-refractivity contribution < 1.29 is 10.2 Å². The van der Waals surface area contributed by atoms with Crippen LogP contribution in [0.5, 0.6) is 11.5 Å². The number of aromatic hydroxyl groups is 2. The molecule has 25 heavy (non-hydrogen) atoms. The molecule has 0 fully saturated rings. The number of rotatable bonds is 2. The summed E-state index contributed by atoms with van der Waals surface area (Å²) in [6.45, 7) is 0. The summed E-state index contributed by atoms with van der Waals surface area (Å²) in [5.41, 5.74) is 1.55. The lowest BCUT2D eigenvalue weighted by Gasteiger charge is -2.00. The van der Waals surface area contributed by atoms with Crippen LogP contribution in [0.3, 0.4) is 0 Å². The monoisotopic (exact) mass is 354 g/mol. The van der Waals surface area contributed by atoms with E-state index in [1.54, 1.807) is 18.2 Å². The molecule has 4 aromatic rings. The maximum absolute atomic E-state index is 12.6. The van der Waals surface area contributed by atoms with Gasteiger partial charge in [-0.15, -0.1) is 0 Å². The number of phenols is 2. The van der Waals surface area contributed by atoms with Crippen molar-refractivity contribution in [3.63, 3.8) is 0 Å². The van der Waals surface area contributed by atoms with Crippen molar-refractivity contribution in [2.75, 3.05) is 0 Å². The molecule has 0 saturated carbocycles. The summed E-state index contributed by atoms with van der Waals surface area (Å²) in [4.78, 5) is 19.9. The number of hydrogen-bond acceptors (Lipinski definition) is 5. The largest absolute Gasteiger partial charge is 0.508 e. The van der Waals surface area contributed by atoms with E-state index in [0.29, 0.717) is 21.6 Å². The number of benzene rings is 2. The van der Waals surface area contributed by atoms with Crippen LogP contribution in [0.1, 0.15) is 5.56 Å². The standard InChI is InChI=1S/C17H11ClN4O3/c18-10-2-4-13-12(5-10)15-16(21-13)17(25)22(8-19-15)20-7-9-1-3-11(23)6-14(9)24/h1-8,21,23-24H/b20-7-. The van der Waals surface area contributed by atoms with Crippen molar-refractivity contribution in [1.29, 1.82) is 0 Å². The maximum Gasteiger partial charge on any atom is 0.298 e. The molecule has 2 aromatic carbocycles. The van der Waals surface area contributed by atoms with E-state index in [4.69, 9.17) is 11.6 Å². The third kappa shape index (κ3) is 2.60. The quantitative estimate of drug-likeness (QED) is 0.481. The second-order valence-corrected chi connectivity index (χ2v) is 5.86. The molecule has 0 radical (unpaired) electrons. The molecule has 0 aliphatic heterocycles. The minimum absolute atomic E-state index is 0.0633. The molecule has 7 nitrogen and oxygen atoms in total. The third-order valence-corrected chi connectivity index (χ3v) is 4.02. The third-order valence-electron chi connectivity index (χ3n) is 3.79. The number of halogens is 1. The zero-order chi connectivity index (χ0) is 17.6. The van der Waals surface area contributed by atoms with Gasteiger partial charge in [-0.05, 0) is 30.3 Å². The van der Waals surface area contributed by atoms with Crippen LogP contribution in [0, 0.1) is 0 Å². The van der Waals surface area contributed by atoms with Crippen molar-refractivity contribution in [2.24, 2.45) is 5.10 Å². The van der Waals surface area contributed by atoms with Gasteiger partial charge >= 0.3 is 0 Å². The first kappa shape index (κ1) is 15.2. The maximum atomic E-state index is 12.6. The van der Waals surface area contributed by atoms with Crippen molar-refractivity contribution in [3.05, 3.63) is 63.7 Å². The Morgan fingerprint density at radius 3 is 2.84 bits per heavy atom.